The van der Waals surface area contributed by atoms with Crippen LogP contribution in [-0.2, 0) is 12.8 Å². The van der Waals surface area contributed by atoms with Crippen molar-refractivity contribution in [1.82, 2.24) is 29.5 Å². The maximum atomic E-state index is 14.3. The van der Waals surface area contributed by atoms with Crippen LogP contribution in [0.1, 0.15) is 42.6 Å². The Morgan fingerprint density at radius 2 is 1.81 bits per heavy atom. The first-order valence-corrected chi connectivity index (χ1v) is 12.0. The Labute approximate surface area is 207 Å². The van der Waals surface area contributed by atoms with Crippen molar-refractivity contribution in [2.75, 3.05) is 12.8 Å². The average Bonchev–Trinajstić information content (AvgIpc) is 3.54. The number of methoxy groups -OCH3 is 1. The van der Waals surface area contributed by atoms with Gasteiger partial charge < -0.3 is 15.0 Å². The fourth-order valence-corrected chi connectivity index (χ4v) is 5.12. The summed E-state index contributed by atoms with van der Waals surface area (Å²) in [5.74, 6) is 0.835. The van der Waals surface area contributed by atoms with Crippen molar-refractivity contribution < 1.29 is 9.13 Å². The molecule has 1 atom stereocenters. The van der Waals surface area contributed by atoms with Gasteiger partial charge in [-0.05, 0) is 68.0 Å². The largest absolute Gasteiger partial charge is 0.496 e. The fraction of sp³-hybridized carbons (Fsp3) is 0.259. The Kier molecular flexibility index (Phi) is 5.40. The van der Waals surface area contributed by atoms with E-state index in [2.05, 4.69) is 32.4 Å². The van der Waals surface area contributed by atoms with Gasteiger partial charge in [0, 0.05) is 17.3 Å². The molecular formula is C27H26FN7O. The third-order valence-electron chi connectivity index (χ3n) is 7.05. The molecule has 0 aliphatic heterocycles. The first-order valence-electron chi connectivity index (χ1n) is 12.0. The summed E-state index contributed by atoms with van der Waals surface area (Å²) in [6.45, 7) is 2.00. The van der Waals surface area contributed by atoms with Crippen LogP contribution in [0.25, 0.3) is 27.8 Å². The highest BCUT2D eigenvalue weighted by Crippen LogP contribution is 2.41. The summed E-state index contributed by atoms with van der Waals surface area (Å²) in [7, 11) is 1.69. The van der Waals surface area contributed by atoms with E-state index < -0.39 is 0 Å². The molecule has 0 radical (unpaired) electrons. The molecule has 0 amide bonds. The molecule has 1 unspecified atom stereocenters. The van der Waals surface area contributed by atoms with Crippen LogP contribution in [0.4, 0.5) is 10.2 Å². The minimum atomic E-state index is -0.365. The lowest BCUT2D eigenvalue weighted by molar-refractivity contribution is 0.415. The predicted octanol–water partition coefficient (Wildman–Crippen LogP) is 4.90. The Morgan fingerprint density at radius 3 is 2.58 bits per heavy atom. The lowest BCUT2D eigenvalue weighted by atomic mass is 9.88. The number of para-hydroxylation sites is 1. The van der Waals surface area contributed by atoms with Crippen LogP contribution in [0.15, 0.2) is 55.1 Å². The lowest BCUT2D eigenvalue weighted by Crippen LogP contribution is -2.07. The number of fused-ring (bicyclic) bond motifs is 2. The number of rotatable bonds is 5. The van der Waals surface area contributed by atoms with Gasteiger partial charge in [-0.15, -0.1) is 5.10 Å². The number of benzene rings is 2. The van der Waals surface area contributed by atoms with Gasteiger partial charge in [-0.1, -0.05) is 17.3 Å². The minimum absolute atomic E-state index is 0.250. The van der Waals surface area contributed by atoms with Crippen molar-refractivity contribution in [1.29, 1.82) is 0 Å². The van der Waals surface area contributed by atoms with Gasteiger partial charge in [0.1, 0.15) is 40.7 Å². The molecule has 36 heavy (non-hydrogen) atoms. The molecule has 1 aliphatic carbocycles. The maximum absolute atomic E-state index is 14.3. The number of nitrogen functional groups attached to an aromatic ring is 1. The first kappa shape index (κ1) is 22.2. The molecule has 182 valence electrons. The Bertz CT molecular complexity index is 1590. The van der Waals surface area contributed by atoms with Crippen molar-refractivity contribution in [2.24, 2.45) is 0 Å². The third-order valence-corrected chi connectivity index (χ3v) is 7.05. The van der Waals surface area contributed by atoms with Crippen LogP contribution in [0.3, 0.4) is 0 Å². The SMILES string of the molecule is COc1cc2c(cc1-c1cn(C(C)c3cn(-c4ccccc4F)nn3)c3ncnc(N)c13)CCCC2. The summed E-state index contributed by atoms with van der Waals surface area (Å²) < 4.78 is 23.6. The summed E-state index contributed by atoms with van der Waals surface area (Å²) in [5.41, 5.74) is 12.6. The van der Waals surface area contributed by atoms with Crippen LogP contribution < -0.4 is 10.5 Å². The number of nitrogens with zero attached hydrogens (tertiary/aromatic N) is 6. The highest BCUT2D eigenvalue weighted by Gasteiger charge is 2.24. The zero-order valence-electron chi connectivity index (χ0n) is 20.1. The minimum Gasteiger partial charge on any atom is -0.496 e. The van der Waals surface area contributed by atoms with E-state index in [1.165, 1.54) is 41.0 Å². The maximum Gasteiger partial charge on any atom is 0.148 e. The van der Waals surface area contributed by atoms with Gasteiger partial charge in [-0.2, -0.15) is 0 Å². The van der Waals surface area contributed by atoms with E-state index in [0.717, 1.165) is 35.1 Å². The van der Waals surface area contributed by atoms with Crippen molar-refractivity contribution >= 4 is 16.9 Å². The highest BCUT2D eigenvalue weighted by molar-refractivity contribution is 6.02. The van der Waals surface area contributed by atoms with E-state index >= 15 is 0 Å². The summed E-state index contributed by atoms with van der Waals surface area (Å²) in [4.78, 5) is 8.85. The molecule has 0 saturated heterocycles. The molecule has 3 heterocycles. The molecule has 2 N–H and O–H groups in total. The number of ether oxygens (including phenoxy) is 1. The number of aromatic nitrogens is 6. The van der Waals surface area contributed by atoms with Crippen molar-refractivity contribution in [3.8, 4) is 22.6 Å². The van der Waals surface area contributed by atoms with E-state index in [1.54, 1.807) is 31.5 Å². The van der Waals surface area contributed by atoms with Gasteiger partial charge in [0.05, 0.1) is 24.7 Å². The van der Waals surface area contributed by atoms with Crippen molar-refractivity contribution in [3.63, 3.8) is 0 Å². The number of hydrogen-bond acceptors (Lipinski definition) is 6. The van der Waals surface area contributed by atoms with Gasteiger partial charge in [-0.3, -0.25) is 0 Å². The normalized spacial score (nSPS) is 14.1. The zero-order valence-corrected chi connectivity index (χ0v) is 20.1. The van der Waals surface area contributed by atoms with Crippen LogP contribution >= 0.6 is 0 Å². The topological polar surface area (TPSA) is 96.7 Å². The monoisotopic (exact) mass is 483 g/mol. The molecule has 0 spiro atoms. The van der Waals surface area contributed by atoms with E-state index in [-0.39, 0.29) is 11.9 Å². The first-order chi connectivity index (χ1) is 17.5. The molecule has 5 aromatic rings. The number of aryl methyl sites for hydroxylation is 2. The second kappa shape index (κ2) is 8.75. The molecule has 6 rings (SSSR count). The van der Waals surface area contributed by atoms with Crippen molar-refractivity contribution in [3.05, 3.63) is 77.8 Å². The molecule has 0 fully saturated rings. The van der Waals surface area contributed by atoms with E-state index in [4.69, 9.17) is 10.5 Å². The predicted molar refractivity (Wildman–Crippen MR) is 136 cm³/mol. The number of halogens is 1. The van der Waals surface area contributed by atoms with Crippen LogP contribution in [0.5, 0.6) is 5.75 Å². The lowest BCUT2D eigenvalue weighted by Gasteiger charge is -2.19. The Morgan fingerprint density at radius 1 is 1.03 bits per heavy atom. The van der Waals surface area contributed by atoms with Gasteiger partial charge in [-0.25, -0.2) is 19.0 Å². The molecule has 2 aromatic carbocycles. The Hall–Kier alpha value is -4.27. The van der Waals surface area contributed by atoms with Gasteiger partial charge in [0.2, 0.25) is 0 Å². The van der Waals surface area contributed by atoms with Gasteiger partial charge in [0.15, 0.2) is 0 Å². The zero-order chi connectivity index (χ0) is 24.8. The molecule has 1 aliphatic rings. The Balaban J connectivity index is 1.49. The fourth-order valence-electron chi connectivity index (χ4n) is 5.12. The second-order valence-electron chi connectivity index (χ2n) is 9.15. The number of anilines is 1. The second-order valence-corrected chi connectivity index (χ2v) is 9.15. The van der Waals surface area contributed by atoms with E-state index in [1.807, 2.05) is 17.7 Å². The number of hydrogen-bond donors (Lipinski definition) is 1. The van der Waals surface area contributed by atoms with E-state index in [9.17, 15) is 4.39 Å². The summed E-state index contributed by atoms with van der Waals surface area (Å²) in [5, 5.41) is 9.27. The van der Waals surface area contributed by atoms with Crippen LogP contribution in [0, 0.1) is 5.82 Å². The smallest absolute Gasteiger partial charge is 0.148 e. The molecule has 0 saturated carbocycles. The molecule has 3 aromatic heterocycles. The van der Waals surface area contributed by atoms with E-state index in [0.29, 0.717) is 22.8 Å². The van der Waals surface area contributed by atoms with Crippen molar-refractivity contribution in [2.45, 2.75) is 38.6 Å². The number of nitrogens with two attached hydrogens (primary N) is 1. The third kappa shape index (κ3) is 3.59. The summed E-state index contributed by atoms with van der Waals surface area (Å²) >= 11 is 0. The molecule has 9 heteroatoms. The van der Waals surface area contributed by atoms with Crippen LogP contribution in [-0.4, -0.2) is 36.6 Å². The highest BCUT2D eigenvalue weighted by atomic mass is 19.1. The average molecular weight is 484 g/mol. The van der Waals surface area contributed by atoms with Gasteiger partial charge >= 0.3 is 0 Å². The summed E-state index contributed by atoms with van der Waals surface area (Å²) in [6, 6.07) is 10.6. The standard InChI is InChI=1S/C27H26FN7O/c1-16(22-14-35(33-32-22)23-10-6-5-9-21(23)28)34-13-20(25-26(29)30-15-31-27(25)34)19-11-17-7-3-4-8-18(17)12-24(19)36-2/h5-6,9-16H,3-4,7-8H2,1-2H3,(H2,29,30,31). The molecular weight excluding hydrogens is 457 g/mol. The summed E-state index contributed by atoms with van der Waals surface area (Å²) in [6.07, 6.45) is 9.71. The molecule has 8 nitrogen and oxygen atoms in total. The van der Waals surface area contributed by atoms with Gasteiger partial charge in [0.25, 0.3) is 0 Å². The van der Waals surface area contributed by atoms with Crippen LogP contribution in [0.2, 0.25) is 0 Å². The molecule has 0 bridgehead atoms. The quantitative estimate of drug-likeness (QED) is 0.382.